The van der Waals surface area contributed by atoms with Crippen LogP contribution in [0.15, 0.2) is 22.0 Å². The second-order valence-corrected chi connectivity index (χ2v) is 4.21. The highest BCUT2D eigenvalue weighted by Gasteiger charge is 2.04. The predicted octanol–water partition coefficient (Wildman–Crippen LogP) is 2.33. The van der Waals surface area contributed by atoms with Crippen molar-refractivity contribution in [3.63, 3.8) is 0 Å². The third-order valence-corrected chi connectivity index (χ3v) is 2.66. The minimum absolute atomic E-state index is 0.666. The Labute approximate surface area is 86.9 Å². The number of hydrogen-bond donors (Lipinski definition) is 0. The summed E-state index contributed by atoms with van der Waals surface area (Å²) in [6.45, 7) is 0. The first-order valence-electron chi connectivity index (χ1n) is 3.35. The normalized spacial score (nSPS) is 10.4. The molecule has 12 heavy (non-hydrogen) atoms. The Bertz CT molecular complexity index is 357. The van der Waals surface area contributed by atoms with Gasteiger partial charge in [0.25, 0.3) is 0 Å². The number of halogens is 1. The summed E-state index contributed by atoms with van der Waals surface area (Å²) >= 11 is 3.73. The Morgan fingerprint density at radius 1 is 1.58 bits per heavy atom. The van der Waals surface area contributed by atoms with Crippen molar-refractivity contribution >= 4 is 33.9 Å². The fourth-order valence-electron chi connectivity index (χ4n) is 0.868. The first-order valence-corrected chi connectivity index (χ1v) is 5.31. The van der Waals surface area contributed by atoms with Gasteiger partial charge in [0.2, 0.25) is 9.72 Å². The first kappa shape index (κ1) is 8.18. The average molecular weight is 292 g/mol. The van der Waals surface area contributed by atoms with Crippen LogP contribution < -0.4 is 0 Å². The lowest BCUT2D eigenvalue weighted by Gasteiger charge is -1.86. The molecule has 5 heteroatoms. The number of rotatable bonds is 2. The third kappa shape index (κ3) is 1.84. The molecule has 0 saturated heterocycles. The standard InChI is InChI=1S/C7H5IN2OS/c8-7-9-6(11-10-7)4-5-2-1-3-12-5/h1-3H,4H2. The van der Waals surface area contributed by atoms with Gasteiger partial charge < -0.3 is 4.52 Å². The van der Waals surface area contributed by atoms with Gasteiger partial charge in [-0.05, 0) is 11.4 Å². The van der Waals surface area contributed by atoms with Crippen LogP contribution >= 0.6 is 33.9 Å². The Balaban J connectivity index is 2.14. The highest BCUT2D eigenvalue weighted by Crippen LogP contribution is 2.13. The maximum absolute atomic E-state index is 4.98. The molecule has 0 aliphatic carbocycles. The molecule has 62 valence electrons. The fraction of sp³-hybridized carbons (Fsp3) is 0.143. The molecule has 0 bridgehead atoms. The van der Waals surface area contributed by atoms with Gasteiger partial charge >= 0.3 is 0 Å². The number of hydrogen-bond acceptors (Lipinski definition) is 4. The molecular weight excluding hydrogens is 287 g/mol. The quantitative estimate of drug-likeness (QED) is 0.797. The second-order valence-electron chi connectivity index (χ2n) is 2.21. The average Bonchev–Trinajstić information content (AvgIpc) is 2.63. The van der Waals surface area contributed by atoms with Crippen LogP contribution in [0.4, 0.5) is 0 Å². The summed E-state index contributed by atoms with van der Waals surface area (Å²) in [7, 11) is 0. The molecule has 0 aromatic carbocycles. The SMILES string of the molecule is Ic1noc(Cc2cccs2)n1. The summed E-state index contributed by atoms with van der Waals surface area (Å²) in [6, 6.07) is 4.07. The van der Waals surface area contributed by atoms with Gasteiger partial charge in [-0.25, -0.2) is 0 Å². The maximum atomic E-state index is 4.98. The summed E-state index contributed by atoms with van der Waals surface area (Å²) in [5.41, 5.74) is 0. The van der Waals surface area contributed by atoms with Crippen molar-refractivity contribution in [2.45, 2.75) is 6.42 Å². The van der Waals surface area contributed by atoms with Gasteiger partial charge in [-0.3, -0.25) is 0 Å². The Morgan fingerprint density at radius 2 is 2.50 bits per heavy atom. The van der Waals surface area contributed by atoms with Crippen molar-refractivity contribution in [2.24, 2.45) is 0 Å². The third-order valence-electron chi connectivity index (χ3n) is 1.35. The van der Waals surface area contributed by atoms with Gasteiger partial charge in [-0.1, -0.05) is 11.2 Å². The van der Waals surface area contributed by atoms with Crippen LogP contribution in [0.5, 0.6) is 0 Å². The predicted molar refractivity (Wildman–Crippen MR) is 54.1 cm³/mol. The molecule has 0 amide bonds. The minimum atomic E-state index is 0.666. The minimum Gasteiger partial charge on any atom is -0.338 e. The van der Waals surface area contributed by atoms with E-state index in [9.17, 15) is 0 Å². The van der Waals surface area contributed by atoms with E-state index in [0.717, 1.165) is 6.42 Å². The van der Waals surface area contributed by atoms with E-state index in [1.807, 2.05) is 34.0 Å². The van der Waals surface area contributed by atoms with E-state index in [1.165, 1.54) is 4.88 Å². The van der Waals surface area contributed by atoms with Crippen molar-refractivity contribution < 1.29 is 4.52 Å². The van der Waals surface area contributed by atoms with Gasteiger partial charge in [0.1, 0.15) is 0 Å². The molecule has 0 N–H and O–H groups in total. The molecule has 2 aromatic rings. The van der Waals surface area contributed by atoms with E-state index in [4.69, 9.17) is 4.52 Å². The van der Waals surface area contributed by atoms with Gasteiger partial charge in [-0.15, -0.1) is 11.3 Å². The highest BCUT2D eigenvalue weighted by molar-refractivity contribution is 14.1. The monoisotopic (exact) mass is 292 g/mol. The topological polar surface area (TPSA) is 38.9 Å². The van der Waals surface area contributed by atoms with Gasteiger partial charge in [0.05, 0.1) is 6.42 Å². The molecular formula is C7H5IN2OS. The van der Waals surface area contributed by atoms with Crippen molar-refractivity contribution in [1.82, 2.24) is 10.1 Å². The molecule has 0 aliphatic heterocycles. The van der Waals surface area contributed by atoms with Crippen molar-refractivity contribution in [2.75, 3.05) is 0 Å². The number of aromatic nitrogens is 2. The first-order chi connectivity index (χ1) is 5.84. The van der Waals surface area contributed by atoms with Crippen molar-refractivity contribution in [3.8, 4) is 0 Å². The van der Waals surface area contributed by atoms with Crippen LogP contribution in [-0.4, -0.2) is 10.1 Å². The van der Waals surface area contributed by atoms with E-state index >= 15 is 0 Å². The molecule has 0 spiro atoms. The molecule has 0 atom stereocenters. The molecule has 0 aliphatic rings. The van der Waals surface area contributed by atoms with E-state index in [1.54, 1.807) is 11.3 Å². The Kier molecular flexibility index (Phi) is 2.40. The zero-order valence-corrected chi connectivity index (χ0v) is 9.00. The molecule has 0 unspecified atom stereocenters. The van der Waals surface area contributed by atoms with Crippen LogP contribution in [0.1, 0.15) is 10.8 Å². The van der Waals surface area contributed by atoms with Gasteiger partial charge in [-0.2, -0.15) is 4.98 Å². The van der Waals surface area contributed by atoms with Crippen LogP contribution in [-0.2, 0) is 6.42 Å². The molecule has 2 aromatic heterocycles. The lowest BCUT2D eigenvalue weighted by molar-refractivity contribution is 0.382. The number of nitrogens with zero attached hydrogens (tertiary/aromatic N) is 2. The van der Waals surface area contributed by atoms with Crippen molar-refractivity contribution in [3.05, 3.63) is 32.1 Å². The van der Waals surface area contributed by atoms with E-state index in [2.05, 4.69) is 16.2 Å². The van der Waals surface area contributed by atoms with Crippen LogP contribution in [0.3, 0.4) is 0 Å². The molecule has 0 fully saturated rings. The zero-order valence-electron chi connectivity index (χ0n) is 6.03. The van der Waals surface area contributed by atoms with Crippen LogP contribution in [0.2, 0.25) is 0 Å². The summed E-state index contributed by atoms with van der Waals surface area (Å²) in [6.07, 6.45) is 0.744. The van der Waals surface area contributed by atoms with Crippen molar-refractivity contribution in [1.29, 1.82) is 0 Å². The molecule has 2 rings (SSSR count). The fourth-order valence-corrected chi connectivity index (χ4v) is 1.93. The summed E-state index contributed by atoms with van der Waals surface area (Å²) in [5, 5.41) is 5.74. The van der Waals surface area contributed by atoms with Crippen LogP contribution in [0.25, 0.3) is 0 Å². The summed E-state index contributed by atoms with van der Waals surface area (Å²) < 4.78 is 5.64. The molecule has 3 nitrogen and oxygen atoms in total. The highest BCUT2D eigenvalue weighted by atomic mass is 127. The van der Waals surface area contributed by atoms with E-state index in [-0.39, 0.29) is 0 Å². The molecule has 2 heterocycles. The largest absolute Gasteiger partial charge is 0.338 e. The lowest BCUT2D eigenvalue weighted by Crippen LogP contribution is -1.83. The lowest BCUT2D eigenvalue weighted by atomic mass is 10.3. The smallest absolute Gasteiger partial charge is 0.232 e. The molecule has 0 radical (unpaired) electrons. The summed E-state index contributed by atoms with van der Waals surface area (Å²) in [5.74, 6) is 0.682. The van der Waals surface area contributed by atoms with E-state index in [0.29, 0.717) is 9.72 Å². The summed E-state index contributed by atoms with van der Waals surface area (Å²) in [4.78, 5) is 5.35. The maximum Gasteiger partial charge on any atom is 0.232 e. The van der Waals surface area contributed by atoms with Gasteiger partial charge in [0.15, 0.2) is 0 Å². The number of thiophene rings is 1. The molecule has 0 saturated carbocycles. The Hall–Kier alpha value is -0.430. The second kappa shape index (κ2) is 3.53. The Morgan fingerprint density at radius 3 is 3.08 bits per heavy atom. The van der Waals surface area contributed by atoms with Gasteiger partial charge in [0, 0.05) is 27.5 Å². The zero-order chi connectivity index (χ0) is 8.39. The van der Waals surface area contributed by atoms with Crippen LogP contribution in [0, 0.1) is 3.83 Å². The van der Waals surface area contributed by atoms with E-state index < -0.39 is 0 Å².